The van der Waals surface area contributed by atoms with Gasteiger partial charge in [-0.1, -0.05) is 11.8 Å². The van der Waals surface area contributed by atoms with E-state index in [1.807, 2.05) is 0 Å². The maximum atomic E-state index is 10.6. The summed E-state index contributed by atoms with van der Waals surface area (Å²) in [5.74, 6) is 6.26. The Bertz CT molecular complexity index is 445. The average molecular weight is 234 g/mol. The Labute approximate surface area is 99.7 Å². The molecular weight excluding hydrogens is 220 g/mol. The lowest BCUT2D eigenvalue weighted by atomic mass is 10.2. The van der Waals surface area contributed by atoms with E-state index in [0.29, 0.717) is 5.06 Å². The van der Waals surface area contributed by atoms with E-state index in [1.54, 1.807) is 38.3 Å². The number of nitrogens with zero attached hydrogens (tertiary/aromatic N) is 1. The minimum absolute atomic E-state index is 0.385. The molecule has 0 aliphatic carbocycles. The first-order chi connectivity index (χ1) is 8.04. The molecule has 0 saturated heterocycles. The Hall–Kier alpha value is -2.19. The van der Waals surface area contributed by atoms with Gasteiger partial charge in [-0.25, -0.2) is 4.79 Å². The van der Waals surface area contributed by atoms with Crippen molar-refractivity contribution in [1.82, 2.24) is 5.06 Å². The SMILES string of the molecule is COc1ccc(C#CC(C)N(O)C(N)=O)cc1. The second kappa shape index (κ2) is 5.77. The van der Waals surface area contributed by atoms with Crippen LogP contribution in [0, 0.1) is 11.8 Å². The molecule has 0 heterocycles. The molecule has 1 rings (SSSR count). The number of hydroxylamine groups is 2. The number of amides is 2. The third-order valence-electron chi connectivity index (χ3n) is 2.11. The molecule has 90 valence electrons. The van der Waals surface area contributed by atoms with Crippen molar-refractivity contribution in [3.63, 3.8) is 0 Å². The number of primary amides is 1. The number of nitrogens with two attached hydrogens (primary N) is 1. The predicted octanol–water partition coefficient (Wildman–Crippen LogP) is 1.21. The molecule has 1 aromatic carbocycles. The van der Waals surface area contributed by atoms with Crippen LogP contribution in [0.15, 0.2) is 24.3 Å². The molecule has 1 aromatic rings. The third kappa shape index (κ3) is 3.70. The molecule has 5 nitrogen and oxygen atoms in total. The second-order valence-electron chi connectivity index (χ2n) is 3.36. The first-order valence-electron chi connectivity index (χ1n) is 4.97. The van der Waals surface area contributed by atoms with E-state index in [9.17, 15) is 10.0 Å². The van der Waals surface area contributed by atoms with Gasteiger partial charge < -0.3 is 10.5 Å². The van der Waals surface area contributed by atoms with E-state index in [-0.39, 0.29) is 0 Å². The van der Waals surface area contributed by atoms with Crippen molar-refractivity contribution in [1.29, 1.82) is 0 Å². The number of benzene rings is 1. The minimum atomic E-state index is -0.929. The summed E-state index contributed by atoms with van der Waals surface area (Å²) in [7, 11) is 1.58. The molecule has 2 amide bonds. The number of hydrogen-bond donors (Lipinski definition) is 2. The van der Waals surface area contributed by atoms with Crippen LogP contribution >= 0.6 is 0 Å². The highest BCUT2D eigenvalue weighted by Gasteiger charge is 2.11. The van der Waals surface area contributed by atoms with Crippen LogP contribution < -0.4 is 10.5 Å². The first kappa shape index (κ1) is 12.9. The summed E-state index contributed by atoms with van der Waals surface area (Å²) in [5.41, 5.74) is 5.66. The summed E-state index contributed by atoms with van der Waals surface area (Å²) in [6.07, 6.45) is 0. The van der Waals surface area contributed by atoms with Gasteiger partial charge in [0.1, 0.15) is 11.8 Å². The maximum absolute atomic E-state index is 10.6. The smallest absolute Gasteiger partial charge is 0.339 e. The van der Waals surface area contributed by atoms with E-state index < -0.39 is 12.1 Å². The standard InChI is InChI=1S/C12H14N2O3/c1-9(14(16)12(13)15)3-4-10-5-7-11(17-2)8-6-10/h5-9,16H,1-2H3,(H2,13,15). The number of urea groups is 1. The lowest BCUT2D eigenvalue weighted by molar-refractivity contribution is -0.0536. The van der Waals surface area contributed by atoms with Crippen LogP contribution in [0.5, 0.6) is 5.75 Å². The van der Waals surface area contributed by atoms with E-state index in [4.69, 9.17) is 10.5 Å². The average Bonchev–Trinajstić information content (AvgIpc) is 2.35. The molecule has 3 N–H and O–H groups in total. The normalized spacial score (nSPS) is 11.0. The first-order valence-corrected chi connectivity index (χ1v) is 4.97. The summed E-state index contributed by atoms with van der Waals surface area (Å²) in [6.45, 7) is 1.57. The van der Waals surface area contributed by atoms with Crippen molar-refractivity contribution in [2.24, 2.45) is 5.73 Å². The topological polar surface area (TPSA) is 75.8 Å². The van der Waals surface area contributed by atoms with Crippen LogP contribution in [-0.4, -0.2) is 29.5 Å². The molecule has 1 unspecified atom stereocenters. The molecule has 5 heteroatoms. The molecule has 0 radical (unpaired) electrons. The van der Waals surface area contributed by atoms with Crippen LogP contribution in [0.3, 0.4) is 0 Å². The Balaban J connectivity index is 2.73. The van der Waals surface area contributed by atoms with Gasteiger partial charge in [-0.2, -0.15) is 5.06 Å². The number of hydrogen-bond acceptors (Lipinski definition) is 3. The number of methoxy groups -OCH3 is 1. The van der Waals surface area contributed by atoms with Gasteiger partial charge in [0.25, 0.3) is 0 Å². The molecule has 1 atom stereocenters. The van der Waals surface area contributed by atoms with Crippen LogP contribution in [0.1, 0.15) is 12.5 Å². The zero-order valence-corrected chi connectivity index (χ0v) is 9.68. The predicted molar refractivity (Wildman–Crippen MR) is 62.5 cm³/mol. The summed E-state index contributed by atoms with van der Waals surface area (Å²) in [6, 6.07) is 5.53. The second-order valence-corrected chi connectivity index (χ2v) is 3.36. The van der Waals surface area contributed by atoms with E-state index >= 15 is 0 Å². The van der Waals surface area contributed by atoms with Gasteiger partial charge in [-0.3, -0.25) is 5.21 Å². The summed E-state index contributed by atoms with van der Waals surface area (Å²) in [5, 5.41) is 9.58. The van der Waals surface area contributed by atoms with Crippen LogP contribution in [-0.2, 0) is 0 Å². The van der Waals surface area contributed by atoms with Gasteiger partial charge in [-0.15, -0.1) is 0 Å². The monoisotopic (exact) mass is 234 g/mol. The van der Waals surface area contributed by atoms with Crippen molar-refractivity contribution in [3.8, 4) is 17.6 Å². The molecule has 0 aliphatic rings. The lowest BCUT2D eigenvalue weighted by Gasteiger charge is -2.14. The van der Waals surface area contributed by atoms with Crippen molar-refractivity contribution in [2.75, 3.05) is 7.11 Å². The van der Waals surface area contributed by atoms with E-state index in [0.717, 1.165) is 11.3 Å². The molecule has 0 saturated carbocycles. The quantitative estimate of drug-likeness (QED) is 0.458. The van der Waals surface area contributed by atoms with Crippen LogP contribution in [0.4, 0.5) is 4.79 Å². The highest BCUT2D eigenvalue weighted by atomic mass is 16.5. The molecule has 0 spiro atoms. The molecule has 0 aliphatic heterocycles. The fourth-order valence-corrected chi connectivity index (χ4v) is 1.11. The van der Waals surface area contributed by atoms with Gasteiger partial charge in [-0.05, 0) is 31.2 Å². The molecule has 0 bridgehead atoms. The third-order valence-corrected chi connectivity index (χ3v) is 2.11. The molecule has 0 aromatic heterocycles. The highest BCUT2D eigenvalue weighted by molar-refractivity contribution is 5.71. The van der Waals surface area contributed by atoms with Crippen LogP contribution in [0.25, 0.3) is 0 Å². The Morgan fingerprint density at radius 3 is 2.53 bits per heavy atom. The van der Waals surface area contributed by atoms with Crippen LogP contribution in [0.2, 0.25) is 0 Å². The highest BCUT2D eigenvalue weighted by Crippen LogP contribution is 2.10. The molecular formula is C12H14N2O3. The summed E-state index contributed by atoms with van der Waals surface area (Å²) >= 11 is 0. The number of carbonyl (C=O) groups excluding carboxylic acids is 1. The molecule has 0 fully saturated rings. The zero-order valence-electron chi connectivity index (χ0n) is 9.68. The molecule has 17 heavy (non-hydrogen) atoms. The van der Waals surface area contributed by atoms with Gasteiger partial charge in [0.05, 0.1) is 7.11 Å². The van der Waals surface area contributed by atoms with E-state index in [1.165, 1.54) is 0 Å². The maximum Gasteiger partial charge on any atom is 0.339 e. The zero-order chi connectivity index (χ0) is 12.8. The van der Waals surface area contributed by atoms with E-state index in [2.05, 4.69) is 11.8 Å². The van der Waals surface area contributed by atoms with Crippen molar-refractivity contribution >= 4 is 6.03 Å². The van der Waals surface area contributed by atoms with Gasteiger partial charge in [0.2, 0.25) is 0 Å². The fraction of sp³-hybridized carbons (Fsp3) is 0.250. The minimum Gasteiger partial charge on any atom is -0.497 e. The van der Waals surface area contributed by atoms with Gasteiger partial charge in [0.15, 0.2) is 0 Å². The fourth-order valence-electron chi connectivity index (χ4n) is 1.11. The van der Waals surface area contributed by atoms with Gasteiger partial charge >= 0.3 is 6.03 Å². The Morgan fingerprint density at radius 2 is 2.06 bits per heavy atom. The summed E-state index contributed by atoms with van der Waals surface area (Å²) < 4.78 is 5.01. The van der Waals surface area contributed by atoms with Crippen molar-refractivity contribution in [3.05, 3.63) is 29.8 Å². The van der Waals surface area contributed by atoms with Crippen molar-refractivity contribution in [2.45, 2.75) is 13.0 Å². The van der Waals surface area contributed by atoms with Crippen molar-refractivity contribution < 1.29 is 14.7 Å². The largest absolute Gasteiger partial charge is 0.497 e. The number of carbonyl (C=O) groups is 1. The number of rotatable bonds is 2. The lowest BCUT2D eigenvalue weighted by Crippen LogP contribution is -2.38. The Kier molecular flexibility index (Phi) is 4.37. The Morgan fingerprint density at radius 1 is 1.47 bits per heavy atom. The summed E-state index contributed by atoms with van der Waals surface area (Å²) in [4.78, 5) is 10.6. The number of ether oxygens (including phenoxy) is 1. The van der Waals surface area contributed by atoms with Gasteiger partial charge in [0, 0.05) is 5.56 Å².